The molecule has 24 heavy (non-hydrogen) atoms. The highest BCUT2D eigenvalue weighted by molar-refractivity contribution is 7.13. The van der Waals surface area contributed by atoms with Crippen LogP contribution in [0.25, 0.3) is 0 Å². The zero-order valence-electron chi connectivity index (χ0n) is 13.7. The Kier molecular flexibility index (Phi) is 4.89. The van der Waals surface area contributed by atoms with E-state index in [0.717, 1.165) is 11.1 Å². The lowest BCUT2D eigenvalue weighted by Gasteiger charge is -2.36. The number of benzene rings is 1. The van der Waals surface area contributed by atoms with Crippen molar-refractivity contribution in [1.29, 1.82) is 0 Å². The van der Waals surface area contributed by atoms with E-state index in [-0.39, 0.29) is 17.7 Å². The van der Waals surface area contributed by atoms with Crippen LogP contribution in [0.4, 0.5) is 5.13 Å². The summed E-state index contributed by atoms with van der Waals surface area (Å²) in [5.41, 5.74) is 3.78. The van der Waals surface area contributed by atoms with Crippen molar-refractivity contribution in [2.45, 2.75) is 39.3 Å². The van der Waals surface area contributed by atoms with Crippen LogP contribution in [0.2, 0.25) is 0 Å². The highest BCUT2D eigenvalue weighted by atomic mass is 32.1. The van der Waals surface area contributed by atoms with Crippen molar-refractivity contribution < 1.29 is 9.59 Å². The SMILES string of the molecule is CC(C)CC(=O)N1Cc2ccccc2C[C@H]1C(=O)Nc1nncs1. The molecule has 3 rings (SSSR count). The van der Waals surface area contributed by atoms with Gasteiger partial charge in [0.2, 0.25) is 16.9 Å². The van der Waals surface area contributed by atoms with E-state index in [1.807, 2.05) is 38.1 Å². The molecule has 0 fully saturated rings. The van der Waals surface area contributed by atoms with Crippen LogP contribution in [0.3, 0.4) is 0 Å². The Morgan fingerprint density at radius 3 is 2.75 bits per heavy atom. The fourth-order valence-corrected chi connectivity index (χ4v) is 3.35. The minimum atomic E-state index is -0.518. The Balaban J connectivity index is 1.84. The molecule has 1 aromatic carbocycles. The summed E-state index contributed by atoms with van der Waals surface area (Å²) in [7, 11) is 0. The molecule has 0 spiro atoms. The number of carbonyl (C=O) groups excluding carboxylic acids is 2. The van der Waals surface area contributed by atoms with Gasteiger partial charge in [0, 0.05) is 19.4 Å². The Bertz CT molecular complexity index is 730. The minimum Gasteiger partial charge on any atom is -0.326 e. The highest BCUT2D eigenvalue weighted by Crippen LogP contribution is 2.25. The van der Waals surface area contributed by atoms with Crippen LogP contribution in [-0.4, -0.2) is 33.0 Å². The lowest BCUT2D eigenvalue weighted by atomic mass is 9.92. The molecule has 1 aromatic heterocycles. The summed E-state index contributed by atoms with van der Waals surface area (Å²) in [5.74, 6) is 0.0526. The number of nitrogens with one attached hydrogen (secondary N) is 1. The third kappa shape index (κ3) is 3.62. The average Bonchev–Trinajstić information content (AvgIpc) is 3.05. The molecular formula is C17H20N4O2S. The Morgan fingerprint density at radius 2 is 2.08 bits per heavy atom. The van der Waals surface area contributed by atoms with Crippen LogP contribution in [-0.2, 0) is 22.6 Å². The van der Waals surface area contributed by atoms with Gasteiger partial charge in [0.15, 0.2) is 0 Å². The molecule has 2 aromatic rings. The lowest BCUT2D eigenvalue weighted by Crippen LogP contribution is -2.50. The van der Waals surface area contributed by atoms with Crippen LogP contribution in [0, 0.1) is 5.92 Å². The number of amides is 2. The fraction of sp³-hybridized carbons (Fsp3) is 0.412. The number of fused-ring (bicyclic) bond motifs is 1. The van der Waals surface area contributed by atoms with E-state index in [1.54, 1.807) is 10.4 Å². The maximum absolute atomic E-state index is 12.7. The molecule has 0 unspecified atom stereocenters. The predicted octanol–water partition coefficient (Wildman–Crippen LogP) is 2.48. The maximum Gasteiger partial charge on any atom is 0.249 e. The molecule has 1 aliphatic rings. The molecule has 1 N–H and O–H groups in total. The zero-order valence-corrected chi connectivity index (χ0v) is 14.5. The molecule has 0 radical (unpaired) electrons. The molecule has 1 aliphatic heterocycles. The van der Waals surface area contributed by atoms with E-state index < -0.39 is 6.04 Å². The summed E-state index contributed by atoms with van der Waals surface area (Å²) in [4.78, 5) is 27.1. The second-order valence-electron chi connectivity index (χ2n) is 6.34. The van der Waals surface area contributed by atoms with Crippen LogP contribution in [0.1, 0.15) is 31.4 Å². The largest absolute Gasteiger partial charge is 0.326 e. The number of carbonyl (C=O) groups is 2. The summed E-state index contributed by atoms with van der Waals surface area (Å²) in [5, 5.41) is 10.8. The monoisotopic (exact) mass is 344 g/mol. The third-order valence-corrected chi connectivity index (χ3v) is 4.65. The molecule has 2 amide bonds. The minimum absolute atomic E-state index is 0.0110. The van der Waals surface area contributed by atoms with Crippen molar-refractivity contribution in [2.75, 3.05) is 5.32 Å². The Morgan fingerprint density at radius 1 is 1.33 bits per heavy atom. The summed E-state index contributed by atoms with van der Waals surface area (Å²) in [6.45, 7) is 4.48. The smallest absolute Gasteiger partial charge is 0.249 e. The van der Waals surface area contributed by atoms with Crippen LogP contribution in [0.5, 0.6) is 0 Å². The van der Waals surface area contributed by atoms with Gasteiger partial charge in [-0.3, -0.25) is 14.9 Å². The first kappa shape index (κ1) is 16.6. The summed E-state index contributed by atoms with van der Waals surface area (Å²) in [6.07, 6.45) is 0.954. The molecule has 126 valence electrons. The van der Waals surface area contributed by atoms with Gasteiger partial charge >= 0.3 is 0 Å². The lowest BCUT2D eigenvalue weighted by molar-refractivity contribution is -0.140. The molecule has 0 aliphatic carbocycles. The van der Waals surface area contributed by atoms with Gasteiger partial charge in [0.25, 0.3) is 0 Å². The standard InChI is InChI=1S/C17H20N4O2S/c1-11(2)7-15(22)21-9-13-6-4-3-5-12(13)8-14(21)16(23)19-17-20-18-10-24-17/h3-6,10-11,14H,7-9H2,1-2H3,(H,19,20,23)/t14-/m0/s1. The molecule has 6 nitrogen and oxygen atoms in total. The first-order chi connectivity index (χ1) is 11.5. The van der Waals surface area contributed by atoms with Crippen molar-refractivity contribution in [3.8, 4) is 0 Å². The topological polar surface area (TPSA) is 75.2 Å². The molecular weight excluding hydrogens is 324 g/mol. The first-order valence-corrected chi connectivity index (χ1v) is 8.86. The molecule has 7 heteroatoms. The van der Waals surface area contributed by atoms with Gasteiger partial charge in [-0.05, 0) is 17.0 Å². The second-order valence-corrected chi connectivity index (χ2v) is 7.17. The van der Waals surface area contributed by atoms with Crippen molar-refractivity contribution in [3.63, 3.8) is 0 Å². The molecule has 0 saturated heterocycles. The van der Waals surface area contributed by atoms with Gasteiger partial charge in [0.1, 0.15) is 11.6 Å². The number of aromatic nitrogens is 2. The van der Waals surface area contributed by atoms with Crippen LogP contribution >= 0.6 is 11.3 Å². The van der Waals surface area contributed by atoms with Gasteiger partial charge < -0.3 is 4.90 Å². The van der Waals surface area contributed by atoms with Crippen molar-refractivity contribution in [2.24, 2.45) is 5.92 Å². The molecule has 0 bridgehead atoms. The van der Waals surface area contributed by atoms with E-state index in [0.29, 0.717) is 24.5 Å². The Labute approximate surface area is 144 Å². The quantitative estimate of drug-likeness (QED) is 0.924. The van der Waals surface area contributed by atoms with Crippen molar-refractivity contribution in [1.82, 2.24) is 15.1 Å². The van der Waals surface area contributed by atoms with Crippen molar-refractivity contribution >= 4 is 28.3 Å². The van der Waals surface area contributed by atoms with Gasteiger partial charge in [-0.15, -0.1) is 10.2 Å². The maximum atomic E-state index is 12.7. The number of anilines is 1. The zero-order chi connectivity index (χ0) is 17.1. The number of hydrogen-bond acceptors (Lipinski definition) is 5. The molecule has 1 atom stereocenters. The summed E-state index contributed by atoms with van der Waals surface area (Å²) < 4.78 is 0. The van der Waals surface area contributed by atoms with E-state index >= 15 is 0 Å². The number of hydrogen-bond donors (Lipinski definition) is 1. The molecule has 0 saturated carbocycles. The highest BCUT2D eigenvalue weighted by Gasteiger charge is 2.34. The number of nitrogens with zero attached hydrogens (tertiary/aromatic N) is 3. The van der Waals surface area contributed by atoms with Gasteiger partial charge in [0.05, 0.1) is 0 Å². The van der Waals surface area contributed by atoms with E-state index in [4.69, 9.17) is 0 Å². The predicted molar refractivity (Wildman–Crippen MR) is 92.5 cm³/mol. The second kappa shape index (κ2) is 7.09. The number of rotatable bonds is 4. The average molecular weight is 344 g/mol. The van der Waals surface area contributed by atoms with Crippen LogP contribution in [0.15, 0.2) is 29.8 Å². The Hall–Kier alpha value is -2.28. The molecule has 2 heterocycles. The van der Waals surface area contributed by atoms with Gasteiger partial charge in [-0.1, -0.05) is 49.4 Å². The van der Waals surface area contributed by atoms with Gasteiger partial charge in [-0.25, -0.2) is 0 Å². The van der Waals surface area contributed by atoms with Crippen molar-refractivity contribution in [3.05, 3.63) is 40.9 Å². The van der Waals surface area contributed by atoms with Crippen LogP contribution < -0.4 is 5.32 Å². The summed E-state index contributed by atoms with van der Waals surface area (Å²) in [6, 6.07) is 7.44. The third-order valence-electron chi connectivity index (χ3n) is 4.04. The first-order valence-electron chi connectivity index (χ1n) is 7.98. The van der Waals surface area contributed by atoms with E-state index in [9.17, 15) is 9.59 Å². The summed E-state index contributed by atoms with van der Waals surface area (Å²) >= 11 is 1.26. The van der Waals surface area contributed by atoms with E-state index in [1.165, 1.54) is 11.3 Å². The van der Waals surface area contributed by atoms with E-state index in [2.05, 4.69) is 15.5 Å². The fourth-order valence-electron chi connectivity index (χ4n) is 2.90. The van der Waals surface area contributed by atoms with Gasteiger partial charge in [-0.2, -0.15) is 0 Å². The normalized spacial score (nSPS) is 16.8.